The van der Waals surface area contributed by atoms with Crippen molar-refractivity contribution in [1.82, 2.24) is 0 Å². The fourth-order valence-corrected chi connectivity index (χ4v) is 12.1. The minimum Gasteiger partial charge on any atom is -0.377 e. The van der Waals surface area contributed by atoms with Crippen molar-refractivity contribution in [2.75, 3.05) is 6.61 Å². The first-order valence-electron chi connectivity index (χ1n) is 14.5. The Morgan fingerprint density at radius 2 is 1.60 bits per heavy atom. The zero-order chi connectivity index (χ0) is 25.2. The molecule has 0 amide bonds. The summed E-state index contributed by atoms with van der Waals surface area (Å²) in [6, 6.07) is -0.512. The van der Waals surface area contributed by atoms with Gasteiger partial charge in [0.2, 0.25) is 0 Å². The predicted molar refractivity (Wildman–Crippen MR) is 138 cm³/mol. The molecule has 6 fully saturated rings. The van der Waals surface area contributed by atoms with Crippen LogP contribution in [-0.4, -0.2) is 24.5 Å². The molecule has 1 unspecified atom stereocenters. The van der Waals surface area contributed by atoms with E-state index in [2.05, 4.69) is 58.5 Å². The molecule has 1 aliphatic heterocycles. The van der Waals surface area contributed by atoms with Crippen LogP contribution in [0, 0.1) is 56.2 Å². The van der Waals surface area contributed by atoms with Crippen LogP contribution in [0.25, 0.3) is 10.4 Å². The molecule has 194 valence electrons. The standard InChI is InChI=1S/C30H47N3O2/c1-25(2)12-14-30-15-13-28(6)18(22(30)24(25)35-17-30)8-9-21-27(5)16-19(32-33-31)23(34)26(3,4)20(27)10-11-29(21,28)7/h18-22,24H,8-17H2,1-7H3/t18-,19?,20+,21-,22+,24-,27+,28-,29-,30-/m1/s1. The van der Waals surface area contributed by atoms with Gasteiger partial charge in [0.05, 0.1) is 18.8 Å². The molecule has 35 heavy (non-hydrogen) atoms. The Balaban J connectivity index is 1.41. The highest BCUT2D eigenvalue weighted by Gasteiger charge is 2.73. The molecule has 5 heteroatoms. The number of fused-ring (bicyclic) bond motifs is 5. The second-order valence-electron chi connectivity index (χ2n) is 15.8. The summed E-state index contributed by atoms with van der Waals surface area (Å²) in [7, 11) is 0. The highest BCUT2D eigenvalue weighted by Crippen LogP contribution is 2.77. The van der Waals surface area contributed by atoms with E-state index in [0.717, 1.165) is 25.4 Å². The Bertz CT molecular complexity index is 1000. The van der Waals surface area contributed by atoms with Gasteiger partial charge in [-0.25, -0.2) is 0 Å². The Morgan fingerprint density at radius 1 is 0.886 bits per heavy atom. The van der Waals surface area contributed by atoms with Gasteiger partial charge in [-0.2, -0.15) is 0 Å². The second kappa shape index (κ2) is 7.07. The fraction of sp³-hybridized carbons (Fsp3) is 0.967. The third-order valence-corrected chi connectivity index (χ3v) is 14.0. The van der Waals surface area contributed by atoms with Crippen molar-refractivity contribution >= 4 is 5.78 Å². The SMILES string of the molecule is CC1(C)CC[C@]23CC[C@]4(C)[C@H](CC[C@@H]5[C@@]6(C)CC(N=[N+]=[N-])C(=O)C(C)(C)[C@@H]6CC[C@]54C)[C@H]2[C@H]1OC3. The van der Waals surface area contributed by atoms with E-state index in [9.17, 15) is 10.3 Å². The molecule has 0 aromatic rings. The number of carbonyl (C=O) groups excluding carboxylic acids is 1. The van der Waals surface area contributed by atoms with E-state index in [0.29, 0.717) is 34.7 Å². The fourth-order valence-electron chi connectivity index (χ4n) is 12.1. The molecule has 10 atom stereocenters. The third kappa shape index (κ3) is 2.76. The molecule has 0 spiro atoms. The van der Waals surface area contributed by atoms with Gasteiger partial charge in [-0.15, -0.1) is 0 Å². The minimum absolute atomic E-state index is 0.0354. The van der Waals surface area contributed by atoms with Crippen LogP contribution in [0.2, 0.25) is 0 Å². The van der Waals surface area contributed by atoms with Crippen LogP contribution in [0.3, 0.4) is 0 Å². The van der Waals surface area contributed by atoms with Crippen molar-refractivity contribution in [2.24, 2.45) is 61.3 Å². The molecule has 2 bridgehead atoms. The Morgan fingerprint density at radius 3 is 2.31 bits per heavy atom. The summed E-state index contributed by atoms with van der Waals surface area (Å²) in [4.78, 5) is 16.5. The van der Waals surface area contributed by atoms with Crippen LogP contribution in [0.15, 0.2) is 5.11 Å². The monoisotopic (exact) mass is 481 g/mol. The Kier molecular flexibility index (Phi) is 4.91. The number of hydrogen-bond acceptors (Lipinski definition) is 3. The zero-order valence-corrected chi connectivity index (χ0v) is 23.2. The Hall–Kier alpha value is -1.06. The highest BCUT2D eigenvalue weighted by molar-refractivity contribution is 5.90. The number of azide groups is 1. The maximum atomic E-state index is 13.4. The summed E-state index contributed by atoms with van der Waals surface area (Å²) >= 11 is 0. The molecule has 0 aromatic carbocycles. The normalized spacial score (nSPS) is 55.6. The van der Waals surface area contributed by atoms with Crippen LogP contribution < -0.4 is 0 Å². The second-order valence-corrected chi connectivity index (χ2v) is 15.8. The van der Waals surface area contributed by atoms with E-state index in [1.807, 2.05) is 0 Å². The lowest BCUT2D eigenvalue weighted by atomic mass is 9.31. The minimum atomic E-state index is -0.512. The number of ether oxygens (including phenoxy) is 1. The molecule has 6 aliphatic rings. The van der Waals surface area contributed by atoms with E-state index >= 15 is 0 Å². The molecule has 0 radical (unpaired) electrons. The first kappa shape index (κ1) is 24.3. The first-order chi connectivity index (χ1) is 16.3. The molecule has 0 aromatic heterocycles. The quantitative estimate of drug-likeness (QED) is 0.218. The topological polar surface area (TPSA) is 75.1 Å². The van der Waals surface area contributed by atoms with Gasteiger partial charge in [0, 0.05) is 10.3 Å². The number of ketones is 1. The number of rotatable bonds is 1. The summed E-state index contributed by atoms with van der Waals surface area (Å²) in [5.41, 5.74) is 10.1. The van der Waals surface area contributed by atoms with E-state index in [1.165, 1.54) is 44.9 Å². The number of nitrogens with zero attached hydrogens (tertiary/aromatic N) is 3. The predicted octanol–water partition coefficient (Wildman–Crippen LogP) is 7.73. The number of hydrogen-bond donors (Lipinski definition) is 0. The molecule has 1 saturated heterocycles. The van der Waals surface area contributed by atoms with Crippen molar-refractivity contribution in [3.8, 4) is 0 Å². The van der Waals surface area contributed by atoms with Crippen LogP contribution in [-0.2, 0) is 9.53 Å². The molecular weight excluding hydrogens is 434 g/mol. The van der Waals surface area contributed by atoms with Crippen LogP contribution in [0.1, 0.15) is 106 Å². The Labute approximate surface area is 212 Å². The summed E-state index contributed by atoms with van der Waals surface area (Å²) in [5.74, 6) is 2.54. The lowest BCUT2D eigenvalue weighted by molar-refractivity contribution is -0.240. The van der Waals surface area contributed by atoms with Gasteiger partial charge in [-0.05, 0) is 114 Å². The van der Waals surface area contributed by atoms with E-state index in [1.54, 1.807) is 0 Å². The summed E-state index contributed by atoms with van der Waals surface area (Å²) in [6.07, 6.45) is 11.3. The van der Waals surface area contributed by atoms with Gasteiger partial charge in [0.15, 0.2) is 0 Å². The molecule has 5 aliphatic carbocycles. The zero-order valence-electron chi connectivity index (χ0n) is 23.2. The highest BCUT2D eigenvalue weighted by atomic mass is 16.5. The van der Waals surface area contributed by atoms with Gasteiger partial charge in [-0.1, -0.05) is 53.6 Å². The van der Waals surface area contributed by atoms with E-state index in [4.69, 9.17) is 4.74 Å². The maximum Gasteiger partial charge on any atom is 0.147 e. The molecule has 5 saturated carbocycles. The average molecular weight is 482 g/mol. The van der Waals surface area contributed by atoms with Gasteiger partial charge in [0.25, 0.3) is 0 Å². The summed E-state index contributed by atoms with van der Waals surface area (Å²) in [6.45, 7) is 17.9. The molecular formula is C30H47N3O2. The van der Waals surface area contributed by atoms with Crippen molar-refractivity contribution < 1.29 is 9.53 Å². The first-order valence-corrected chi connectivity index (χ1v) is 14.5. The van der Waals surface area contributed by atoms with Crippen LogP contribution in [0.5, 0.6) is 0 Å². The molecule has 6 rings (SSSR count). The lowest BCUT2D eigenvalue weighted by Gasteiger charge is -2.73. The van der Waals surface area contributed by atoms with Gasteiger partial charge in [-0.3, -0.25) is 4.79 Å². The maximum absolute atomic E-state index is 13.4. The number of Topliss-reactive ketones (excluding diaryl/α,β-unsaturated/α-hetero) is 1. The molecule has 5 nitrogen and oxygen atoms in total. The van der Waals surface area contributed by atoms with E-state index < -0.39 is 11.5 Å². The van der Waals surface area contributed by atoms with Crippen molar-refractivity contribution in [2.45, 2.75) is 118 Å². The third-order valence-electron chi connectivity index (χ3n) is 14.0. The average Bonchev–Trinajstić information content (AvgIpc) is 3.12. The van der Waals surface area contributed by atoms with E-state index in [-0.39, 0.29) is 22.0 Å². The van der Waals surface area contributed by atoms with Crippen LogP contribution in [0.4, 0.5) is 0 Å². The largest absolute Gasteiger partial charge is 0.377 e. The van der Waals surface area contributed by atoms with Crippen LogP contribution >= 0.6 is 0 Å². The van der Waals surface area contributed by atoms with Gasteiger partial charge < -0.3 is 4.74 Å². The smallest absolute Gasteiger partial charge is 0.147 e. The summed E-state index contributed by atoms with van der Waals surface area (Å²) < 4.78 is 6.69. The van der Waals surface area contributed by atoms with Gasteiger partial charge in [0.1, 0.15) is 5.78 Å². The van der Waals surface area contributed by atoms with Crippen molar-refractivity contribution in [1.29, 1.82) is 0 Å². The molecule has 0 N–H and O–H groups in total. The van der Waals surface area contributed by atoms with Crippen molar-refractivity contribution in [3.63, 3.8) is 0 Å². The number of carbonyl (C=O) groups is 1. The summed E-state index contributed by atoms with van der Waals surface area (Å²) in [5, 5.41) is 4.07. The van der Waals surface area contributed by atoms with Crippen molar-refractivity contribution in [3.05, 3.63) is 10.4 Å². The van der Waals surface area contributed by atoms with Gasteiger partial charge >= 0.3 is 0 Å². The molecule has 1 heterocycles. The lowest BCUT2D eigenvalue weighted by Crippen LogP contribution is -2.68.